The van der Waals surface area contributed by atoms with Gasteiger partial charge in [0.2, 0.25) is 0 Å². The van der Waals surface area contributed by atoms with E-state index in [1.807, 2.05) is 13.8 Å². The van der Waals surface area contributed by atoms with Crippen LogP contribution in [-0.2, 0) is 4.79 Å². The fourth-order valence-electron chi connectivity index (χ4n) is 9.81. The van der Waals surface area contributed by atoms with Crippen LogP contribution in [0.4, 0.5) is 0 Å². The summed E-state index contributed by atoms with van der Waals surface area (Å²) in [4.78, 5) is 13.5. The number of aliphatic hydroxyl groups is 1. The first-order chi connectivity index (χ1) is 15.3. The summed E-state index contributed by atoms with van der Waals surface area (Å²) in [7, 11) is 0. The lowest BCUT2D eigenvalue weighted by molar-refractivity contribution is -0.152. The van der Waals surface area contributed by atoms with E-state index >= 15 is 0 Å². The highest BCUT2D eigenvalue weighted by Gasteiger charge is 2.77. The lowest BCUT2D eigenvalue weighted by atomic mass is 9.45. The molecule has 1 unspecified atom stereocenters. The molecule has 2 nitrogen and oxygen atoms in total. The van der Waals surface area contributed by atoms with Crippen LogP contribution in [0.2, 0.25) is 0 Å². The van der Waals surface area contributed by atoms with E-state index in [2.05, 4.69) is 20.8 Å². The third-order valence-corrected chi connectivity index (χ3v) is 11.9. The minimum atomic E-state index is -1.53. The quantitative estimate of drug-likeness (QED) is 0.554. The fraction of sp³-hybridized carbons (Fsp3) is 0.964. The van der Waals surface area contributed by atoms with Crippen LogP contribution in [-0.4, -0.2) is 17.0 Å². The summed E-state index contributed by atoms with van der Waals surface area (Å²) in [6.07, 6.45) is 7.80. The number of rotatable bonds is 5. The Balaban J connectivity index is 1.35. The van der Waals surface area contributed by atoms with Gasteiger partial charge in [-0.1, -0.05) is 41.5 Å². The van der Waals surface area contributed by atoms with Gasteiger partial charge in [-0.2, -0.15) is 0 Å². The molecule has 0 bridgehead atoms. The van der Waals surface area contributed by atoms with E-state index < -0.39 is 13.0 Å². The minimum absolute atomic E-state index is 0.0309. The van der Waals surface area contributed by atoms with E-state index in [-0.39, 0.29) is 34.0 Å². The summed E-state index contributed by atoms with van der Waals surface area (Å²) in [6, 6.07) is 0. The maximum atomic E-state index is 13.5. The largest absolute Gasteiger partial charge is 0.393 e. The highest BCUT2D eigenvalue weighted by molar-refractivity contribution is 5.91. The lowest BCUT2D eigenvalue weighted by Gasteiger charge is -2.58. The molecule has 5 aliphatic rings. The van der Waals surface area contributed by atoms with E-state index in [1.54, 1.807) is 0 Å². The first kappa shape index (κ1) is 18.1. The highest BCUT2D eigenvalue weighted by Crippen LogP contribution is 2.80. The van der Waals surface area contributed by atoms with Gasteiger partial charge in [-0.25, -0.2) is 0 Å². The molecule has 170 valence electrons. The predicted octanol–water partition coefficient (Wildman–Crippen LogP) is 6.50. The zero-order valence-corrected chi connectivity index (χ0v) is 19.9. The first-order valence-corrected chi connectivity index (χ1v) is 12.9. The van der Waals surface area contributed by atoms with Gasteiger partial charge in [0, 0.05) is 14.6 Å². The molecule has 0 heterocycles. The van der Waals surface area contributed by atoms with Crippen LogP contribution < -0.4 is 0 Å². The minimum Gasteiger partial charge on any atom is -0.393 e. The molecule has 5 saturated carbocycles. The molecule has 5 fully saturated rings. The summed E-state index contributed by atoms with van der Waals surface area (Å²) in [6.45, 7) is 9.90. The number of ketones is 1. The number of hydrogen-bond donors (Lipinski definition) is 1. The standard InChI is InChI=1S/C28H46O2/c1-16(2)17(3)13-24(29)18(4)21-7-8-22-20-14-25(30)28-15-19(28)9-12-27(28,6)23(20)10-11-26(21,22)5/h16-24,29H,7-15H2,1-6H3/t17-,18+,19-,20+,21-,22+,23+,24+,26-,27-,28+/m1/s1/i1D2,24D/t16?,17-,18+,19-,20+,21-,22+,23+,24+,26-,27-,28+. The van der Waals surface area contributed by atoms with E-state index in [4.69, 9.17) is 4.11 Å². The second-order valence-electron chi connectivity index (χ2n) is 12.9. The van der Waals surface area contributed by atoms with Gasteiger partial charge in [0.05, 0.1) is 7.45 Å². The first-order valence-electron chi connectivity index (χ1n) is 14.6. The van der Waals surface area contributed by atoms with Gasteiger partial charge in [0.25, 0.3) is 0 Å². The Kier molecular flexibility index (Phi) is 4.11. The van der Waals surface area contributed by atoms with Gasteiger partial charge >= 0.3 is 0 Å². The summed E-state index contributed by atoms with van der Waals surface area (Å²) in [5, 5.41) is 11.3. The average Bonchev–Trinajstić information content (AvgIpc) is 3.27. The Labute approximate surface area is 189 Å². The molecule has 1 N–H and O–H groups in total. The van der Waals surface area contributed by atoms with Crippen molar-refractivity contribution in [3.8, 4) is 0 Å². The molecule has 2 heteroatoms. The van der Waals surface area contributed by atoms with Crippen LogP contribution in [0.15, 0.2) is 0 Å². The molecule has 0 aromatic rings. The number of carbonyl (C=O) groups excluding carboxylic acids is 1. The second kappa shape index (κ2) is 6.82. The van der Waals surface area contributed by atoms with Gasteiger partial charge in [0.1, 0.15) is 5.78 Å². The van der Waals surface area contributed by atoms with Crippen molar-refractivity contribution >= 4 is 5.78 Å². The molecule has 5 aliphatic carbocycles. The maximum absolute atomic E-state index is 13.5. The Morgan fingerprint density at radius 3 is 2.60 bits per heavy atom. The van der Waals surface area contributed by atoms with Crippen LogP contribution in [0.1, 0.15) is 103 Å². The molecule has 5 rings (SSSR count). The number of Topliss-reactive ketones (excluding diaryl/α,β-unsaturated/α-hetero) is 1. The van der Waals surface area contributed by atoms with Crippen molar-refractivity contribution < 1.29 is 14.0 Å². The van der Waals surface area contributed by atoms with Crippen molar-refractivity contribution in [3.63, 3.8) is 0 Å². The molecular weight excluding hydrogens is 368 g/mol. The number of hydrogen-bond acceptors (Lipinski definition) is 2. The normalized spacial score (nSPS) is 55.8. The number of carbonyl (C=O) groups is 1. The van der Waals surface area contributed by atoms with Crippen molar-refractivity contribution in [1.82, 2.24) is 0 Å². The molecule has 1 spiro atoms. The van der Waals surface area contributed by atoms with E-state index in [0.717, 1.165) is 25.7 Å². The zero-order valence-electron chi connectivity index (χ0n) is 22.9. The predicted molar refractivity (Wildman–Crippen MR) is 122 cm³/mol. The molecular formula is C28H46O2. The van der Waals surface area contributed by atoms with E-state index in [0.29, 0.717) is 41.8 Å². The second-order valence-corrected chi connectivity index (χ2v) is 12.9. The SMILES string of the molecule is [2H]C([2H])C(C)[C@H](C)C[C@]([2H])(O)[C@@H](C)[C@H]1CC[C@H]2[C@@H]3CC(=O)[C@]45C[C@H]4CC[C@]5(C)[C@H]3CC[C@]12C. The Morgan fingerprint density at radius 2 is 1.90 bits per heavy atom. The molecule has 0 aromatic heterocycles. The Hall–Kier alpha value is -0.370. The Morgan fingerprint density at radius 1 is 1.13 bits per heavy atom. The summed E-state index contributed by atoms with van der Waals surface area (Å²) < 4.78 is 24.4. The molecule has 30 heavy (non-hydrogen) atoms. The van der Waals surface area contributed by atoms with E-state index in [9.17, 15) is 9.90 Å². The zero-order chi connectivity index (χ0) is 24.1. The van der Waals surface area contributed by atoms with Crippen molar-refractivity contribution in [1.29, 1.82) is 0 Å². The smallest absolute Gasteiger partial charge is 0.140 e. The highest BCUT2D eigenvalue weighted by atomic mass is 16.3. The van der Waals surface area contributed by atoms with Crippen LogP contribution in [0.25, 0.3) is 0 Å². The third kappa shape index (κ3) is 2.61. The number of fused-ring (bicyclic) bond motifs is 4. The lowest BCUT2D eigenvalue weighted by Crippen LogP contribution is -2.55. The van der Waals surface area contributed by atoms with Gasteiger partial charge in [-0.15, -0.1) is 0 Å². The van der Waals surface area contributed by atoms with Gasteiger partial charge in [0.15, 0.2) is 0 Å². The third-order valence-electron chi connectivity index (χ3n) is 11.9. The Bertz CT molecular complexity index is 813. The summed E-state index contributed by atoms with van der Waals surface area (Å²) >= 11 is 0. The van der Waals surface area contributed by atoms with Gasteiger partial charge < -0.3 is 5.11 Å². The van der Waals surface area contributed by atoms with Gasteiger partial charge in [-0.3, -0.25) is 4.79 Å². The van der Waals surface area contributed by atoms with Crippen molar-refractivity contribution in [2.75, 3.05) is 0 Å². The molecule has 12 atom stereocenters. The molecule has 0 amide bonds. The fourth-order valence-corrected chi connectivity index (χ4v) is 9.81. The molecule has 0 aromatic carbocycles. The van der Waals surface area contributed by atoms with Crippen LogP contribution in [0.5, 0.6) is 0 Å². The van der Waals surface area contributed by atoms with Gasteiger partial charge in [-0.05, 0) is 110 Å². The van der Waals surface area contributed by atoms with Crippen LogP contribution in [0.3, 0.4) is 0 Å². The van der Waals surface area contributed by atoms with Crippen molar-refractivity contribution in [2.45, 2.75) is 105 Å². The monoisotopic (exact) mass is 417 g/mol. The van der Waals surface area contributed by atoms with Crippen molar-refractivity contribution in [2.24, 2.45) is 63.6 Å². The topological polar surface area (TPSA) is 37.3 Å². The maximum Gasteiger partial charge on any atom is 0.140 e. The van der Waals surface area contributed by atoms with Crippen LogP contribution >= 0.6 is 0 Å². The van der Waals surface area contributed by atoms with Crippen LogP contribution in [0, 0.1) is 63.6 Å². The molecule has 0 aliphatic heterocycles. The van der Waals surface area contributed by atoms with E-state index in [1.165, 1.54) is 25.7 Å². The molecule has 0 saturated heterocycles. The summed E-state index contributed by atoms with van der Waals surface area (Å²) in [5.41, 5.74) is 0.350. The summed E-state index contributed by atoms with van der Waals surface area (Å²) in [5.74, 6) is 2.93. The molecule has 0 radical (unpaired) electrons. The average molecular weight is 418 g/mol. The van der Waals surface area contributed by atoms with Crippen molar-refractivity contribution in [3.05, 3.63) is 0 Å².